The standard InChI is InChI=1S/C19H14Cl2F3N3O2S/c1-2-9-27-18(19(22,23)24)16(12-8-7-11(20)10-14(12)21)17(26-27)13-5-3-4-6-15(13)30(25,28)29/h2-10H,1H3,(H2,25,28,29). The van der Waals surface area contributed by atoms with Gasteiger partial charge in [0, 0.05) is 27.9 Å². The van der Waals surface area contributed by atoms with Gasteiger partial charge in [0.15, 0.2) is 5.69 Å². The van der Waals surface area contributed by atoms with Crippen molar-refractivity contribution in [3.63, 3.8) is 0 Å². The fourth-order valence-corrected chi connectivity index (χ4v) is 4.24. The van der Waals surface area contributed by atoms with E-state index in [9.17, 15) is 21.6 Å². The molecule has 158 valence electrons. The molecule has 0 saturated heterocycles. The predicted molar refractivity (Wildman–Crippen MR) is 110 cm³/mol. The van der Waals surface area contributed by atoms with Crippen LogP contribution in [0, 0.1) is 0 Å². The molecule has 3 rings (SSSR count). The molecule has 0 fully saturated rings. The molecule has 2 N–H and O–H groups in total. The van der Waals surface area contributed by atoms with E-state index in [1.165, 1.54) is 55.5 Å². The average Bonchev–Trinajstić information content (AvgIpc) is 3.00. The van der Waals surface area contributed by atoms with Crippen LogP contribution in [-0.4, -0.2) is 18.2 Å². The van der Waals surface area contributed by atoms with Gasteiger partial charge in [-0.2, -0.15) is 18.3 Å². The Morgan fingerprint density at radius 3 is 2.33 bits per heavy atom. The number of hydrogen-bond donors (Lipinski definition) is 1. The molecule has 0 amide bonds. The number of hydrogen-bond acceptors (Lipinski definition) is 3. The van der Waals surface area contributed by atoms with Crippen molar-refractivity contribution in [2.24, 2.45) is 5.14 Å². The third-order valence-corrected chi connectivity index (χ3v) is 5.64. The molecule has 2 aromatic carbocycles. The number of rotatable bonds is 4. The second-order valence-electron chi connectivity index (χ2n) is 6.16. The number of nitrogens with two attached hydrogens (primary N) is 1. The molecule has 11 heteroatoms. The maximum absolute atomic E-state index is 14.1. The summed E-state index contributed by atoms with van der Waals surface area (Å²) in [7, 11) is -4.25. The van der Waals surface area contributed by atoms with Crippen LogP contribution in [0.2, 0.25) is 10.0 Å². The number of nitrogens with zero attached hydrogens (tertiary/aromatic N) is 2. The SMILES string of the molecule is CC=Cn1nc(-c2ccccc2S(N)(=O)=O)c(-c2ccc(Cl)cc2Cl)c1C(F)(F)F. The van der Waals surface area contributed by atoms with E-state index in [1.807, 2.05) is 0 Å². The van der Waals surface area contributed by atoms with Crippen molar-refractivity contribution < 1.29 is 21.6 Å². The first-order valence-corrected chi connectivity index (χ1v) is 10.7. The highest BCUT2D eigenvalue weighted by Gasteiger charge is 2.41. The van der Waals surface area contributed by atoms with Crippen LogP contribution in [0.15, 0.2) is 53.4 Å². The summed E-state index contributed by atoms with van der Waals surface area (Å²) in [5.74, 6) is 0. The lowest BCUT2D eigenvalue weighted by Gasteiger charge is -2.13. The smallest absolute Gasteiger partial charge is 0.235 e. The molecule has 0 saturated carbocycles. The maximum atomic E-state index is 14.1. The molecule has 1 heterocycles. The molecular weight excluding hydrogens is 462 g/mol. The Kier molecular flexibility index (Phi) is 6.01. The number of allylic oxidation sites excluding steroid dienone is 1. The molecule has 0 unspecified atom stereocenters. The van der Waals surface area contributed by atoms with Crippen LogP contribution in [0.3, 0.4) is 0 Å². The summed E-state index contributed by atoms with van der Waals surface area (Å²) in [6, 6.07) is 9.40. The lowest BCUT2D eigenvalue weighted by molar-refractivity contribution is -0.142. The highest BCUT2D eigenvalue weighted by atomic mass is 35.5. The van der Waals surface area contributed by atoms with E-state index in [-0.39, 0.29) is 31.8 Å². The molecule has 30 heavy (non-hydrogen) atoms. The third-order valence-electron chi connectivity index (χ3n) is 4.12. The van der Waals surface area contributed by atoms with Gasteiger partial charge in [-0.05, 0) is 25.1 Å². The summed E-state index contributed by atoms with van der Waals surface area (Å²) in [4.78, 5) is -0.366. The molecular formula is C19H14Cl2F3N3O2S. The van der Waals surface area contributed by atoms with Gasteiger partial charge in [-0.1, -0.05) is 53.5 Å². The minimum Gasteiger partial charge on any atom is -0.235 e. The predicted octanol–water partition coefficient (Wildman–Crippen LogP) is 5.68. The van der Waals surface area contributed by atoms with Crippen molar-refractivity contribution in [3.05, 3.63) is 64.3 Å². The minimum absolute atomic E-state index is 0.0108. The zero-order chi connectivity index (χ0) is 22.3. The zero-order valence-corrected chi connectivity index (χ0v) is 17.6. The molecule has 0 atom stereocenters. The van der Waals surface area contributed by atoms with Gasteiger partial charge in [0.05, 0.1) is 9.92 Å². The van der Waals surface area contributed by atoms with E-state index >= 15 is 0 Å². The van der Waals surface area contributed by atoms with Gasteiger partial charge in [0.25, 0.3) is 0 Å². The van der Waals surface area contributed by atoms with Crippen molar-refractivity contribution >= 4 is 39.4 Å². The van der Waals surface area contributed by atoms with Gasteiger partial charge in [-0.3, -0.25) is 0 Å². The van der Waals surface area contributed by atoms with E-state index in [2.05, 4.69) is 5.10 Å². The number of primary sulfonamides is 1. The normalized spacial score (nSPS) is 12.6. The molecule has 0 aliphatic rings. The third kappa shape index (κ3) is 4.24. The second-order valence-corrected chi connectivity index (χ2v) is 8.54. The number of sulfonamides is 1. The molecule has 5 nitrogen and oxygen atoms in total. The van der Waals surface area contributed by atoms with Crippen molar-refractivity contribution in [2.75, 3.05) is 0 Å². The van der Waals surface area contributed by atoms with Crippen LogP contribution in [0.1, 0.15) is 12.6 Å². The molecule has 0 aliphatic heterocycles. The Hall–Kier alpha value is -2.33. The number of benzene rings is 2. The van der Waals surface area contributed by atoms with E-state index < -0.39 is 27.5 Å². The number of halogens is 5. The van der Waals surface area contributed by atoms with Crippen LogP contribution in [-0.2, 0) is 16.2 Å². The Morgan fingerprint density at radius 1 is 1.10 bits per heavy atom. The van der Waals surface area contributed by atoms with Gasteiger partial charge in [-0.25, -0.2) is 18.2 Å². The summed E-state index contributed by atoms with van der Waals surface area (Å²) >= 11 is 12.1. The quantitative estimate of drug-likeness (QED) is 0.526. The number of alkyl halides is 3. The average molecular weight is 476 g/mol. The Balaban J connectivity index is 2.52. The second kappa shape index (κ2) is 8.07. The first-order valence-electron chi connectivity index (χ1n) is 8.35. The van der Waals surface area contributed by atoms with E-state index in [0.29, 0.717) is 4.68 Å². The van der Waals surface area contributed by atoms with Gasteiger partial charge >= 0.3 is 6.18 Å². The molecule has 1 aromatic heterocycles. The summed E-state index contributed by atoms with van der Waals surface area (Å²) in [5.41, 5.74) is -1.85. The first-order chi connectivity index (χ1) is 13.9. The maximum Gasteiger partial charge on any atom is 0.434 e. The van der Waals surface area contributed by atoms with Crippen LogP contribution in [0.5, 0.6) is 0 Å². The fraction of sp³-hybridized carbons (Fsp3) is 0.105. The molecule has 0 aliphatic carbocycles. The van der Waals surface area contributed by atoms with E-state index in [4.69, 9.17) is 28.3 Å². The largest absolute Gasteiger partial charge is 0.434 e. The fourth-order valence-electron chi connectivity index (χ4n) is 3.00. The number of aromatic nitrogens is 2. The van der Waals surface area contributed by atoms with Crippen LogP contribution in [0.4, 0.5) is 13.2 Å². The molecule has 0 radical (unpaired) electrons. The lowest BCUT2D eigenvalue weighted by Crippen LogP contribution is -2.13. The van der Waals surface area contributed by atoms with Crippen LogP contribution in [0.25, 0.3) is 28.6 Å². The summed E-state index contributed by atoms with van der Waals surface area (Å²) in [6.45, 7) is 1.52. The lowest BCUT2D eigenvalue weighted by atomic mass is 9.98. The summed E-state index contributed by atoms with van der Waals surface area (Å²) in [5, 5.41) is 9.50. The topological polar surface area (TPSA) is 78.0 Å². The minimum atomic E-state index is -4.83. The van der Waals surface area contributed by atoms with Gasteiger partial charge in [0.1, 0.15) is 5.69 Å². The highest BCUT2D eigenvalue weighted by molar-refractivity contribution is 7.89. The van der Waals surface area contributed by atoms with Crippen molar-refractivity contribution in [2.45, 2.75) is 18.0 Å². The summed E-state index contributed by atoms with van der Waals surface area (Å²) in [6.07, 6.45) is -2.36. The molecule has 3 aromatic rings. The van der Waals surface area contributed by atoms with E-state index in [1.54, 1.807) is 0 Å². The van der Waals surface area contributed by atoms with Gasteiger partial charge < -0.3 is 0 Å². The monoisotopic (exact) mass is 475 g/mol. The molecule has 0 bridgehead atoms. The molecule has 0 spiro atoms. The van der Waals surface area contributed by atoms with Crippen molar-refractivity contribution in [1.82, 2.24) is 9.78 Å². The van der Waals surface area contributed by atoms with E-state index in [0.717, 1.165) is 6.20 Å². The summed E-state index contributed by atoms with van der Waals surface area (Å²) < 4.78 is 67.0. The Labute approximate surface area is 180 Å². The van der Waals surface area contributed by atoms with Gasteiger partial charge in [0.2, 0.25) is 10.0 Å². The van der Waals surface area contributed by atoms with Crippen molar-refractivity contribution in [1.29, 1.82) is 0 Å². The first kappa shape index (κ1) is 22.4. The Morgan fingerprint density at radius 2 is 1.77 bits per heavy atom. The van der Waals surface area contributed by atoms with Gasteiger partial charge in [-0.15, -0.1) is 0 Å². The Bertz CT molecular complexity index is 1250. The highest BCUT2D eigenvalue weighted by Crippen LogP contribution is 2.46. The van der Waals surface area contributed by atoms with Crippen LogP contribution >= 0.6 is 23.2 Å². The van der Waals surface area contributed by atoms with Crippen molar-refractivity contribution in [3.8, 4) is 22.4 Å². The zero-order valence-electron chi connectivity index (χ0n) is 15.3. The van der Waals surface area contributed by atoms with Crippen LogP contribution < -0.4 is 5.14 Å².